The number of rotatable bonds is 9. The largest absolute Gasteiger partial charge is 0.493 e. The van der Waals surface area contributed by atoms with Gasteiger partial charge in [-0.3, -0.25) is 0 Å². The Morgan fingerprint density at radius 1 is 1.24 bits per heavy atom. The van der Waals surface area contributed by atoms with Crippen molar-refractivity contribution in [3.63, 3.8) is 0 Å². The van der Waals surface area contributed by atoms with Crippen LogP contribution in [0, 0.1) is 0 Å². The van der Waals surface area contributed by atoms with Gasteiger partial charge in [0.05, 0.1) is 14.2 Å². The monoisotopic (exact) mass is 313 g/mol. The Balaban J connectivity index is 2.96. The molecule has 1 unspecified atom stereocenters. The summed E-state index contributed by atoms with van der Waals surface area (Å²) in [6.07, 6.45) is 3.76. The fourth-order valence-corrected chi connectivity index (χ4v) is 2.79. The van der Waals surface area contributed by atoms with E-state index in [1.807, 2.05) is 12.1 Å². The minimum Gasteiger partial charge on any atom is -0.493 e. The van der Waals surface area contributed by atoms with Crippen LogP contribution >= 0.6 is 11.8 Å². The first-order chi connectivity index (χ1) is 10.0. The summed E-state index contributed by atoms with van der Waals surface area (Å²) in [5, 5.41) is 12.8. The van der Waals surface area contributed by atoms with Crippen molar-refractivity contribution in [3.8, 4) is 11.5 Å². The SMILES string of the molecule is CCC(C)(CCO)NCc1cc(OC)c(OC)cc1SC. The normalized spacial score (nSPS) is 13.8. The van der Waals surface area contributed by atoms with E-state index in [1.165, 1.54) is 10.5 Å². The van der Waals surface area contributed by atoms with Crippen molar-refractivity contribution in [1.82, 2.24) is 5.32 Å². The maximum absolute atomic E-state index is 9.20. The van der Waals surface area contributed by atoms with Crippen molar-refractivity contribution in [2.45, 2.75) is 43.7 Å². The second-order valence-corrected chi connectivity index (χ2v) is 6.11. The molecule has 0 aliphatic heterocycles. The lowest BCUT2D eigenvalue weighted by Crippen LogP contribution is -2.42. The summed E-state index contributed by atoms with van der Waals surface area (Å²) < 4.78 is 10.7. The van der Waals surface area contributed by atoms with Gasteiger partial charge >= 0.3 is 0 Å². The van der Waals surface area contributed by atoms with Crippen LogP contribution in [0.25, 0.3) is 0 Å². The molecule has 1 aromatic rings. The summed E-state index contributed by atoms with van der Waals surface area (Å²) in [5.41, 5.74) is 1.12. The molecule has 1 atom stereocenters. The minimum atomic E-state index is -0.0579. The van der Waals surface area contributed by atoms with Gasteiger partial charge in [0, 0.05) is 23.6 Å². The fraction of sp³-hybridized carbons (Fsp3) is 0.625. The third-order valence-electron chi connectivity index (χ3n) is 3.94. The average molecular weight is 313 g/mol. The Morgan fingerprint density at radius 3 is 2.33 bits per heavy atom. The summed E-state index contributed by atoms with van der Waals surface area (Å²) in [5.74, 6) is 1.49. The zero-order chi connectivity index (χ0) is 15.9. The Morgan fingerprint density at radius 2 is 1.86 bits per heavy atom. The summed E-state index contributed by atoms with van der Waals surface area (Å²) in [6, 6.07) is 4.03. The highest BCUT2D eigenvalue weighted by Gasteiger charge is 2.21. The molecule has 4 nitrogen and oxygen atoms in total. The molecular formula is C16H27NO3S. The zero-order valence-electron chi connectivity index (χ0n) is 13.7. The number of methoxy groups -OCH3 is 2. The molecule has 0 saturated heterocycles. The highest BCUT2D eigenvalue weighted by Crippen LogP contribution is 2.34. The van der Waals surface area contributed by atoms with Crippen LogP contribution in [0.2, 0.25) is 0 Å². The number of ether oxygens (including phenoxy) is 2. The highest BCUT2D eigenvalue weighted by atomic mass is 32.2. The predicted molar refractivity (Wildman–Crippen MR) is 88.6 cm³/mol. The summed E-state index contributed by atoms with van der Waals surface area (Å²) in [7, 11) is 3.30. The lowest BCUT2D eigenvalue weighted by atomic mass is 9.94. The number of hydrogen-bond acceptors (Lipinski definition) is 5. The first kappa shape index (κ1) is 18.1. The van der Waals surface area contributed by atoms with Gasteiger partial charge in [0.1, 0.15) is 0 Å². The zero-order valence-corrected chi connectivity index (χ0v) is 14.5. The number of aliphatic hydroxyl groups excluding tert-OH is 1. The molecule has 1 rings (SSSR count). The molecule has 0 aliphatic rings. The molecule has 0 spiro atoms. The van der Waals surface area contributed by atoms with Gasteiger partial charge in [0.25, 0.3) is 0 Å². The maximum Gasteiger partial charge on any atom is 0.161 e. The fourth-order valence-electron chi connectivity index (χ4n) is 2.18. The topological polar surface area (TPSA) is 50.7 Å². The molecule has 0 saturated carbocycles. The Hall–Kier alpha value is -0.910. The Bertz CT molecular complexity index is 453. The lowest BCUT2D eigenvalue weighted by Gasteiger charge is -2.29. The van der Waals surface area contributed by atoms with Crippen molar-refractivity contribution in [3.05, 3.63) is 17.7 Å². The third-order valence-corrected chi connectivity index (χ3v) is 4.76. The first-order valence-electron chi connectivity index (χ1n) is 7.18. The van der Waals surface area contributed by atoms with Crippen LogP contribution in [-0.2, 0) is 6.54 Å². The smallest absolute Gasteiger partial charge is 0.161 e. The minimum absolute atomic E-state index is 0.0579. The number of aliphatic hydroxyl groups is 1. The number of thioether (sulfide) groups is 1. The quantitative estimate of drug-likeness (QED) is 0.686. The van der Waals surface area contributed by atoms with Gasteiger partial charge in [-0.05, 0) is 43.7 Å². The van der Waals surface area contributed by atoms with Gasteiger partial charge in [0.15, 0.2) is 11.5 Å². The van der Waals surface area contributed by atoms with Crippen molar-refractivity contribution in [2.24, 2.45) is 0 Å². The molecular weight excluding hydrogens is 286 g/mol. The van der Waals surface area contributed by atoms with E-state index in [0.29, 0.717) is 0 Å². The van der Waals surface area contributed by atoms with Crippen molar-refractivity contribution in [2.75, 3.05) is 27.1 Å². The number of hydrogen-bond donors (Lipinski definition) is 2. The van der Waals surface area contributed by atoms with Crippen LogP contribution in [0.4, 0.5) is 0 Å². The van der Waals surface area contributed by atoms with Crippen LogP contribution < -0.4 is 14.8 Å². The van der Waals surface area contributed by atoms with Gasteiger partial charge in [-0.1, -0.05) is 6.92 Å². The standard InChI is InChI=1S/C16H27NO3S/c1-6-16(2,7-8-18)17-11-12-9-13(19-3)14(20-4)10-15(12)21-5/h9-10,17-18H,6-8,11H2,1-5H3. The van der Waals surface area contributed by atoms with Gasteiger partial charge < -0.3 is 19.9 Å². The van der Waals surface area contributed by atoms with E-state index < -0.39 is 0 Å². The third kappa shape index (κ3) is 4.80. The van der Waals surface area contributed by atoms with Crippen LogP contribution in [0.5, 0.6) is 11.5 Å². The molecule has 120 valence electrons. The summed E-state index contributed by atoms with van der Waals surface area (Å²) >= 11 is 1.69. The van der Waals surface area contributed by atoms with Crippen molar-refractivity contribution < 1.29 is 14.6 Å². The molecule has 21 heavy (non-hydrogen) atoms. The van der Waals surface area contributed by atoms with Crippen LogP contribution in [0.1, 0.15) is 32.3 Å². The van der Waals surface area contributed by atoms with Crippen molar-refractivity contribution in [1.29, 1.82) is 0 Å². The molecule has 0 aliphatic carbocycles. The van der Waals surface area contributed by atoms with E-state index in [4.69, 9.17) is 9.47 Å². The number of nitrogens with one attached hydrogen (secondary N) is 1. The molecule has 0 aromatic heterocycles. The van der Waals surface area contributed by atoms with Gasteiger partial charge in [0.2, 0.25) is 0 Å². The van der Waals surface area contributed by atoms with Crippen LogP contribution in [-0.4, -0.2) is 37.7 Å². The lowest BCUT2D eigenvalue weighted by molar-refractivity contribution is 0.214. The van der Waals surface area contributed by atoms with Crippen LogP contribution in [0.3, 0.4) is 0 Å². The predicted octanol–water partition coefficient (Wildman–Crippen LogP) is 3.07. The molecule has 0 heterocycles. The van der Waals surface area contributed by atoms with Crippen molar-refractivity contribution >= 4 is 11.8 Å². The van der Waals surface area contributed by atoms with E-state index in [9.17, 15) is 5.11 Å². The Kier molecular flexibility index (Phi) is 7.35. The van der Waals surface area contributed by atoms with E-state index in [0.717, 1.165) is 30.9 Å². The van der Waals surface area contributed by atoms with Gasteiger partial charge in [-0.15, -0.1) is 11.8 Å². The average Bonchev–Trinajstić information content (AvgIpc) is 2.52. The molecule has 5 heteroatoms. The molecule has 2 N–H and O–H groups in total. The van der Waals surface area contributed by atoms with Crippen LogP contribution in [0.15, 0.2) is 17.0 Å². The highest BCUT2D eigenvalue weighted by molar-refractivity contribution is 7.98. The second-order valence-electron chi connectivity index (χ2n) is 5.26. The first-order valence-corrected chi connectivity index (χ1v) is 8.40. The molecule has 0 radical (unpaired) electrons. The molecule has 0 bridgehead atoms. The second kappa shape index (κ2) is 8.51. The summed E-state index contributed by atoms with van der Waals surface area (Å²) in [4.78, 5) is 1.17. The molecule has 1 aromatic carbocycles. The van der Waals surface area contributed by atoms with E-state index in [-0.39, 0.29) is 12.1 Å². The molecule has 0 amide bonds. The van der Waals surface area contributed by atoms with E-state index in [2.05, 4.69) is 25.4 Å². The van der Waals surface area contributed by atoms with E-state index >= 15 is 0 Å². The summed E-state index contributed by atoms with van der Waals surface area (Å²) in [6.45, 7) is 5.20. The Labute approximate surface area is 132 Å². The van der Waals surface area contributed by atoms with Gasteiger partial charge in [-0.2, -0.15) is 0 Å². The molecule has 0 fully saturated rings. The van der Waals surface area contributed by atoms with E-state index in [1.54, 1.807) is 26.0 Å². The maximum atomic E-state index is 9.20. The number of benzene rings is 1. The van der Waals surface area contributed by atoms with Gasteiger partial charge in [-0.25, -0.2) is 0 Å².